The van der Waals surface area contributed by atoms with Crippen LogP contribution in [-0.2, 0) is 4.79 Å². The molecular formula is C19H24N2O2. The Kier molecular flexibility index (Phi) is 6.18. The summed E-state index contributed by atoms with van der Waals surface area (Å²) in [5, 5.41) is 2.85. The summed E-state index contributed by atoms with van der Waals surface area (Å²) in [5.41, 5.74) is 9.05. The predicted octanol–water partition coefficient (Wildman–Crippen LogP) is 2.89. The molecule has 122 valence electrons. The van der Waals surface area contributed by atoms with E-state index >= 15 is 0 Å². The number of aryl methyl sites for hydroxylation is 2. The van der Waals surface area contributed by atoms with Crippen LogP contribution in [0.2, 0.25) is 0 Å². The molecule has 0 heterocycles. The first-order valence-electron chi connectivity index (χ1n) is 7.86. The fourth-order valence-electron chi connectivity index (χ4n) is 2.22. The minimum Gasteiger partial charge on any atom is -0.493 e. The summed E-state index contributed by atoms with van der Waals surface area (Å²) in [5.74, 6) is 0.722. The van der Waals surface area contributed by atoms with Gasteiger partial charge in [0.25, 0.3) is 0 Å². The molecule has 2 aromatic rings. The molecule has 0 bridgehead atoms. The fourth-order valence-corrected chi connectivity index (χ4v) is 2.22. The van der Waals surface area contributed by atoms with E-state index in [9.17, 15) is 4.79 Å². The van der Waals surface area contributed by atoms with Crippen molar-refractivity contribution in [3.63, 3.8) is 0 Å². The average Bonchev–Trinajstić information content (AvgIpc) is 2.56. The summed E-state index contributed by atoms with van der Waals surface area (Å²) in [6.07, 6.45) is 0.737. The lowest BCUT2D eigenvalue weighted by molar-refractivity contribution is -0.122. The SMILES string of the molecule is Cc1ccc(C(N)C(=O)NCCCOc2ccccc2C)cc1. The Morgan fingerprint density at radius 3 is 2.52 bits per heavy atom. The Labute approximate surface area is 137 Å². The molecule has 0 saturated carbocycles. The maximum absolute atomic E-state index is 12.0. The van der Waals surface area contributed by atoms with Crippen molar-refractivity contribution in [2.75, 3.05) is 13.2 Å². The van der Waals surface area contributed by atoms with Gasteiger partial charge in [-0.2, -0.15) is 0 Å². The molecule has 1 atom stereocenters. The second kappa shape index (κ2) is 8.34. The minimum atomic E-state index is -0.632. The molecule has 0 aliphatic heterocycles. The van der Waals surface area contributed by atoms with Gasteiger partial charge in [0, 0.05) is 6.54 Å². The molecule has 0 aliphatic carbocycles. The Bertz CT molecular complexity index is 638. The van der Waals surface area contributed by atoms with Crippen molar-refractivity contribution in [2.24, 2.45) is 5.73 Å². The van der Waals surface area contributed by atoms with Crippen LogP contribution in [0.3, 0.4) is 0 Å². The van der Waals surface area contributed by atoms with Gasteiger partial charge in [0.05, 0.1) is 6.61 Å². The number of hydrogen-bond acceptors (Lipinski definition) is 3. The Morgan fingerprint density at radius 1 is 1.13 bits per heavy atom. The molecule has 0 aliphatic rings. The van der Waals surface area contributed by atoms with Crippen molar-refractivity contribution < 1.29 is 9.53 Å². The Balaban J connectivity index is 1.70. The molecule has 2 aromatic carbocycles. The van der Waals surface area contributed by atoms with E-state index in [4.69, 9.17) is 10.5 Å². The highest BCUT2D eigenvalue weighted by atomic mass is 16.5. The van der Waals surface area contributed by atoms with Gasteiger partial charge in [0.15, 0.2) is 0 Å². The largest absolute Gasteiger partial charge is 0.493 e. The van der Waals surface area contributed by atoms with E-state index in [1.807, 2.05) is 62.4 Å². The van der Waals surface area contributed by atoms with Crippen molar-refractivity contribution in [3.8, 4) is 5.75 Å². The summed E-state index contributed by atoms with van der Waals surface area (Å²) in [4.78, 5) is 12.0. The van der Waals surface area contributed by atoms with Gasteiger partial charge < -0.3 is 15.8 Å². The van der Waals surface area contributed by atoms with Crippen molar-refractivity contribution in [2.45, 2.75) is 26.3 Å². The van der Waals surface area contributed by atoms with Gasteiger partial charge in [-0.3, -0.25) is 4.79 Å². The van der Waals surface area contributed by atoms with Gasteiger partial charge in [-0.15, -0.1) is 0 Å². The standard InChI is InChI=1S/C19H24N2O2/c1-14-8-10-16(11-9-14)18(20)19(22)21-12-5-13-23-17-7-4-3-6-15(17)2/h3-4,6-11,18H,5,12-13,20H2,1-2H3,(H,21,22). The maximum atomic E-state index is 12.0. The number of carbonyl (C=O) groups excluding carboxylic acids is 1. The minimum absolute atomic E-state index is 0.162. The van der Waals surface area contributed by atoms with Gasteiger partial charge >= 0.3 is 0 Å². The van der Waals surface area contributed by atoms with Crippen LogP contribution in [0.4, 0.5) is 0 Å². The van der Waals surface area contributed by atoms with Crippen LogP contribution in [0, 0.1) is 13.8 Å². The molecule has 0 saturated heterocycles. The molecular weight excluding hydrogens is 288 g/mol. The molecule has 2 rings (SSSR count). The van der Waals surface area contributed by atoms with Gasteiger partial charge in [0.1, 0.15) is 11.8 Å². The molecule has 1 unspecified atom stereocenters. The zero-order valence-corrected chi connectivity index (χ0v) is 13.7. The monoisotopic (exact) mass is 312 g/mol. The van der Waals surface area contributed by atoms with E-state index in [2.05, 4.69) is 5.32 Å². The lowest BCUT2D eigenvalue weighted by Gasteiger charge is -2.13. The number of ether oxygens (including phenoxy) is 1. The number of nitrogens with one attached hydrogen (secondary N) is 1. The van der Waals surface area contributed by atoms with Crippen molar-refractivity contribution >= 4 is 5.91 Å². The molecule has 3 N–H and O–H groups in total. The molecule has 4 nitrogen and oxygen atoms in total. The predicted molar refractivity (Wildman–Crippen MR) is 92.4 cm³/mol. The summed E-state index contributed by atoms with van der Waals surface area (Å²) >= 11 is 0. The van der Waals surface area contributed by atoms with Crippen LogP contribution >= 0.6 is 0 Å². The number of rotatable bonds is 7. The van der Waals surface area contributed by atoms with E-state index in [0.29, 0.717) is 13.2 Å². The third kappa shape index (κ3) is 5.11. The van der Waals surface area contributed by atoms with E-state index in [1.54, 1.807) is 0 Å². The summed E-state index contributed by atoms with van der Waals surface area (Å²) in [7, 11) is 0. The first kappa shape index (κ1) is 17.0. The van der Waals surface area contributed by atoms with Crippen LogP contribution in [0.5, 0.6) is 5.75 Å². The van der Waals surface area contributed by atoms with E-state index < -0.39 is 6.04 Å². The van der Waals surface area contributed by atoms with E-state index in [-0.39, 0.29) is 5.91 Å². The zero-order chi connectivity index (χ0) is 16.7. The van der Waals surface area contributed by atoms with Gasteiger partial charge in [0.2, 0.25) is 5.91 Å². The Hall–Kier alpha value is -2.33. The van der Waals surface area contributed by atoms with Crippen molar-refractivity contribution in [1.29, 1.82) is 0 Å². The number of amides is 1. The number of hydrogen-bond donors (Lipinski definition) is 2. The van der Waals surface area contributed by atoms with Crippen LogP contribution in [0.15, 0.2) is 48.5 Å². The second-order valence-electron chi connectivity index (χ2n) is 5.65. The third-order valence-electron chi connectivity index (χ3n) is 3.69. The fraction of sp³-hybridized carbons (Fsp3) is 0.316. The van der Waals surface area contributed by atoms with Gasteiger partial charge in [-0.25, -0.2) is 0 Å². The second-order valence-corrected chi connectivity index (χ2v) is 5.65. The molecule has 0 radical (unpaired) electrons. The molecule has 4 heteroatoms. The molecule has 0 aromatic heterocycles. The van der Waals surface area contributed by atoms with Crippen LogP contribution in [0.1, 0.15) is 29.2 Å². The smallest absolute Gasteiger partial charge is 0.241 e. The average molecular weight is 312 g/mol. The molecule has 23 heavy (non-hydrogen) atoms. The topological polar surface area (TPSA) is 64.4 Å². The van der Waals surface area contributed by atoms with Crippen molar-refractivity contribution in [1.82, 2.24) is 5.32 Å². The number of para-hydroxylation sites is 1. The van der Waals surface area contributed by atoms with Gasteiger partial charge in [-0.1, -0.05) is 48.0 Å². The highest BCUT2D eigenvalue weighted by molar-refractivity contribution is 5.82. The van der Waals surface area contributed by atoms with Crippen molar-refractivity contribution in [3.05, 3.63) is 65.2 Å². The maximum Gasteiger partial charge on any atom is 0.241 e. The normalized spacial score (nSPS) is 11.8. The Morgan fingerprint density at radius 2 is 1.83 bits per heavy atom. The quantitative estimate of drug-likeness (QED) is 0.773. The number of nitrogens with two attached hydrogens (primary N) is 1. The summed E-state index contributed by atoms with van der Waals surface area (Å²) in [6.45, 7) is 5.12. The zero-order valence-electron chi connectivity index (χ0n) is 13.7. The van der Waals surface area contributed by atoms with Crippen LogP contribution in [0.25, 0.3) is 0 Å². The lowest BCUT2D eigenvalue weighted by Crippen LogP contribution is -2.35. The molecule has 0 spiro atoms. The number of carbonyl (C=O) groups is 1. The lowest BCUT2D eigenvalue weighted by atomic mass is 10.1. The highest BCUT2D eigenvalue weighted by Gasteiger charge is 2.14. The molecule has 0 fully saturated rings. The molecule has 1 amide bonds. The first-order chi connectivity index (χ1) is 11.1. The number of benzene rings is 2. The summed E-state index contributed by atoms with van der Waals surface area (Å²) in [6, 6.07) is 14.9. The van der Waals surface area contributed by atoms with E-state index in [1.165, 1.54) is 0 Å². The first-order valence-corrected chi connectivity index (χ1v) is 7.86. The van der Waals surface area contributed by atoms with Crippen LogP contribution < -0.4 is 15.8 Å². The highest BCUT2D eigenvalue weighted by Crippen LogP contribution is 2.16. The van der Waals surface area contributed by atoms with Crippen LogP contribution in [-0.4, -0.2) is 19.1 Å². The van der Waals surface area contributed by atoms with E-state index in [0.717, 1.165) is 28.9 Å². The third-order valence-corrected chi connectivity index (χ3v) is 3.69. The van der Waals surface area contributed by atoms with Gasteiger partial charge in [-0.05, 0) is 37.5 Å². The summed E-state index contributed by atoms with van der Waals surface area (Å²) < 4.78 is 5.69.